The molecule has 0 spiro atoms. The quantitative estimate of drug-likeness (QED) is 0.533. The maximum absolute atomic E-state index is 12.8. The SMILES string of the molecule is CC[C@@H](C)c1nc(N2CCN(C(=O)c3cccs3)CC2)c2c3c(sc2n1)C[C@@H](C)CC3. The molecular weight excluding hydrogens is 424 g/mol. The van der Waals surface area contributed by atoms with E-state index in [2.05, 4.69) is 25.7 Å². The van der Waals surface area contributed by atoms with Crippen LogP contribution >= 0.6 is 22.7 Å². The van der Waals surface area contributed by atoms with E-state index in [4.69, 9.17) is 9.97 Å². The van der Waals surface area contributed by atoms with Gasteiger partial charge in [-0.3, -0.25) is 4.79 Å². The van der Waals surface area contributed by atoms with Crippen molar-refractivity contribution in [3.63, 3.8) is 0 Å². The zero-order chi connectivity index (χ0) is 21.5. The van der Waals surface area contributed by atoms with Crippen molar-refractivity contribution in [3.05, 3.63) is 38.7 Å². The number of nitrogens with zero attached hydrogens (tertiary/aromatic N) is 4. The molecule has 2 aliphatic rings. The highest BCUT2D eigenvalue weighted by molar-refractivity contribution is 7.19. The van der Waals surface area contributed by atoms with Gasteiger partial charge in [0.15, 0.2) is 0 Å². The van der Waals surface area contributed by atoms with Gasteiger partial charge in [0, 0.05) is 37.0 Å². The number of amides is 1. The zero-order valence-corrected chi connectivity index (χ0v) is 20.2. The third-order valence-corrected chi connectivity index (χ3v) is 8.81. The minimum atomic E-state index is 0.157. The minimum Gasteiger partial charge on any atom is -0.352 e. The molecule has 5 rings (SSSR count). The standard InChI is InChI=1S/C24H30N4OS2/c1-4-16(3)21-25-22(20-17-8-7-15(2)14-19(17)31-23(20)26-21)27-9-11-28(12-10-27)24(29)18-6-5-13-30-18/h5-6,13,15-16H,4,7-12,14H2,1-3H3/t15-,16+/m0/s1. The van der Waals surface area contributed by atoms with Gasteiger partial charge in [0.05, 0.1) is 10.3 Å². The minimum absolute atomic E-state index is 0.157. The molecule has 0 unspecified atom stereocenters. The summed E-state index contributed by atoms with van der Waals surface area (Å²) in [5.41, 5.74) is 1.49. The molecule has 0 saturated carbocycles. The zero-order valence-electron chi connectivity index (χ0n) is 18.6. The average molecular weight is 455 g/mol. The van der Waals surface area contributed by atoms with Crippen LogP contribution in [0.25, 0.3) is 10.2 Å². The Labute approximate surface area is 192 Å². The number of piperazine rings is 1. The van der Waals surface area contributed by atoms with Crippen LogP contribution in [0.2, 0.25) is 0 Å². The first-order valence-corrected chi connectivity index (χ1v) is 13.1. The molecule has 0 aromatic carbocycles. The van der Waals surface area contributed by atoms with Crippen molar-refractivity contribution in [2.45, 2.75) is 52.4 Å². The summed E-state index contributed by atoms with van der Waals surface area (Å²) < 4.78 is 0. The van der Waals surface area contributed by atoms with Crippen LogP contribution in [0.3, 0.4) is 0 Å². The molecule has 1 fully saturated rings. The summed E-state index contributed by atoms with van der Waals surface area (Å²) in [6.07, 6.45) is 4.58. The van der Waals surface area contributed by atoms with Gasteiger partial charge in [0.1, 0.15) is 16.5 Å². The number of aromatic nitrogens is 2. The monoisotopic (exact) mass is 454 g/mol. The molecule has 0 radical (unpaired) electrons. The van der Waals surface area contributed by atoms with Gasteiger partial charge < -0.3 is 9.80 Å². The fourth-order valence-corrected chi connectivity index (χ4v) is 6.72. The second kappa shape index (κ2) is 8.51. The molecule has 4 heterocycles. The highest BCUT2D eigenvalue weighted by Crippen LogP contribution is 2.42. The summed E-state index contributed by atoms with van der Waals surface area (Å²) in [4.78, 5) is 30.8. The second-order valence-electron chi connectivity index (χ2n) is 9.00. The summed E-state index contributed by atoms with van der Waals surface area (Å²) >= 11 is 3.41. The molecular formula is C24H30N4OS2. The predicted molar refractivity (Wildman–Crippen MR) is 130 cm³/mol. The molecule has 7 heteroatoms. The lowest BCUT2D eigenvalue weighted by atomic mass is 9.89. The molecule has 1 aliphatic carbocycles. The number of rotatable bonds is 4. The smallest absolute Gasteiger partial charge is 0.264 e. The summed E-state index contributed by atoms with van der Waals surface area (Å²) in [6, 6.07) is 3.87. The number of aryl methyl sites for hydroxylation is 1. The predicted octanol–water partition coefficient (Wildman–Crippen LogP) is 5.35. The van der Waals surface area contributed by atoms with E-state index < -0.39 is 0 Å². The van der Waals surface area contributed by atoms with Crippen molar-refractivity contribution in [2.75, 3.05) is 31.1 Å². The third-order valence-electron chi connectivity index (χ3n) is 6.80. The number of hydrogen-bond acceptors (Lipinski definition) is 6. The van der Waals surface area contributed by atoms with Crippen molar-refractivity contribution in [1.82, 2.24) is 14.9 Å². The fraction of sp³-hybridized carbons (Fsp3) is 0.542. The van der Waals surface area contributed by atoms with Crippen molar-refractivity contribution >= 4 is 44.6 Å². The normalized spacial score (nSPS) is 20.2. The van der Waals surface area contributed by atoms with Gasteiger partial charge in [-0.1, -0.05) is 26.8 Å². The van der Waals surface area contributed by atoms with Crippen LogP contribution in [0.5, 0.6) is 0 Å². The molecule has 31 heavy (non-hydrogen) atoms. The second-order valence-corrected chi connectivity index (χ2v) is 11.0. The Morgan fingerprint density at radius 1 is 1.26 bits per heavy atom. The summed E-state index contributed by atoms with van der Waals surface area (Å²) in [6.45, 7) is 9.91. The number of carbonyl (C=O) groups excluding carboxylic acids is 1. The van der Waals surface area contributed by atoms with Crippen molar-refractivity contribution in [3.8, 4) is 0 Å². The molecule has 3 aromatic heterocycles. The Morgan fingerprint density at radius 2 is 2.06 bits per heavy atom. The molecule has 3 aromatic rings. The van der Waals surface area contributed by atoms with Crippen LogP contribution in [0, 0.1) is 5.92 Å². The number of fused-ring (bicyclic) bond motifs is 3. The first-order valence-electron chi connectivity index (χ1n) is 11.4. The summed E-state index contributed by atoms with van der Waals surface area (Å²) in [7, 11) is 0. The van der Waals surface area contributed by atoms with E-state index >= 15 is 0 Å². The lowest BCUT2D eigenvalue weighted by Gasteiger charge is -2.36. The fourth-order valence-electron chi connectivity index (χ4n) is 4.65. The topological polar surface area (TPSA) is 49.3 Å². The number of carbonyl (C=O) groups is 1. The van der Waals surface area contributed by atoms with E-state index in [-0.39, 0.29) is 5.91 Å². The van der Waals surface area contributed by atoms with Gasteiger partial charge in [0.2, 0.25) is 0 Å². The third kappa shape index (κ3) is 3.87. The Hall–Kier alpha value is -1.99. The van der Waals surface area contributed by atoms with Crippen LogP contribution in [0.4, 0.5) is 5.82 Å². The maximum Gasteiger partial charge on any atom is 0.264 e. The van der Waals surface area contributed by atoms with Crippen LogP contribution in [-0.4, -0.2) is 47.0 Å². The molecule has 0 bridgehead atoms. The van der Waals surface area contributed by atoms with Gasteiger partial charge in [-0.25, -0.2) is 9.97 Å². The number of thiophene rings is 2. The van der Waals surface area contributed by atoms with Gasteiger partial charge in [-0.15, -0.1) is 22.7 Å². The molecule has 164 valence electrons. The number of anilines is 1. The van der Waals surface area contributed by atoms with Crippen LogP contribution in [-0.2, 0) is 12.8 Å². The van der Waals surface area contributed by atoms with Gasteiger partial charge in [-0.2, -0.15) is 0 Å². The van der Waals surface area contributed by atoms with E-state index in [0.717, 1.165) is 72.7 Å². The molecule has 1 aliphatic heterocycles. The highest BCUT2D eigenvalue weighted by atomic mass is 32.1. The lowest BCUT2D eigenvalue weighted by molar-refractivity contribution is 0.0751. The van der Waals surface area contributed by atoms with Crippen molar-refractivity contribution in [2.24, 2.45) is 5.92 Å². The Bertz CT molecular complexity index is 1080. The Balaban J connectivity index is 1.48. The highest BCUT2D eigenvalue weighted by Gasteiger charge is 2.29. The largest absolute Gasteiger partial charge is 0.352 e. The first kappa shape index (κ1) is 20.9. The van der Waals surface area contributed by atoms with Crippen molar-refractivity contribution < 1.29 is 4.79 Å². The van der Waals surface area contributed by atoms with Gasteiger partial charge in [0.25, 0.3) is 5.91 Å². The van der Waals surface area contributed by atoms with E-state index in [1.54, 1.807) is 0 Å². The first-order chi connectivity index (χ1) is 15.0. The Morgan fingerprint density at radius 3 is 2.77 bits per heavy atom. The molecule has 1 amide bonds. The van der Waals surface area contributed by atoms with Crippen molar-refractivity contribution in [1.29, 1.82) is 0 Å². The average Bonchev–Trinajstić information content (AvgIpc) is 3.45. The van der Waals surface area contributed by atoms with Crippen LogP contribution in [0.15, 0.2) is 17.5 Å². The van der Waals surface area contributed by atoms with E-state index in [1.807, 2.05) is 33.7 Å². The summed E-state index contributed by atoms with van der Waals surface area (Å²) in [5, 5.41) is 3.26. The maximum atomic E-state index is 12.8. The van der Waals surface area contributed by atoms with E-state index in [9.17, 15) is 4.79 Å². The molecule has 5 nitrogen and oxygen atoms in total. The molecule has 1 saturated heterocycles. The Kier molecular flexibility index (Phi) is 5.73. The van der Waals surface area contributed by atoms with E-state index in [1.165, 1.54) is 33.6 Å². The van der Waals surface area contributed by atoms with E-state index in [0.29, 0.717) is 5.92 Å². The summed E-state index contributed by atoms with van der Waals surface area (Å²) in [5.74, 6) is 3.33. The van der Waals surface area contributed by atoms with Crippen LogP contribution < -0.4 is 4.90 Å². The van der Waals surface area contributed by atoms with Crippen LogP contribution in [0.1, 0.15) is 65.5 Å². The van der Waals surface area contributed by atoms with Gasteiger partial charge in [-0.05, 0) is 48.6 Å². The molecule has 0 N–H and O–H groups in total. The van der Waals surface area contributed by atoms with Gasteiger partial charge >= 0.3 is 0 Å². The molecule has 2 atom stereocenters. The lowest BCUT2D eigenvalue weighted by Crippen LogP contribution is -2.49. The number of hydrogen-bond donors (Lipinski definition) is 0.